The van der Waals surface area contributed by atoms with E-state index in [0.717, 1.165) is 11.3 Å². The molecule has 2 aromatic carbocycles. The number of amides is 1. The molecule has 134 valence electrons. The number of benzene rings is 2. The second-order valence-electron chi connectivity index (χ2n) is 5.75. The fourth-order valence-corrected chi connectivity index (χ4v) is 3.27. The van der Waals surface area contributed by atoms with Crippen molar-refractivity contribution in [2.45, 2.75) is 23.8 Å². The number of para-hydroxylation sites is 1. The summed E-state index contributed by atoms with van der Waals surface area (Å²) in [6.45, 7) is 2.34. The smallest absolute Gasteiger partial charge is 0.233 e. The summed E-state index contributed by atoms with van der Waals surface area (Å²) in [5.74, 6) is -0.329. The summed E-state index contributed by atoms with van der Waals surface area (Å²) in [5, 5.41) is 11.3. The van der Waals surface area contributed by atoms with Crippen molar-refractivity contribution < 1.29 is 9.18 Å². The highest BCUT2D eigenvalue weighted by atomic mass is 32.2. The molecule has 0 bridgehead atoms. The van der Waals surface area contributed by atoms with Crippen LogP contribution in [0.3, 0.4) is 0 Å². The van der Waals surface area contributed by atoms with E-state index >= 15 is 0 Å². The van der Waals surface area contributed by atoms with Gasteiger partial charge in [0.2, 0.25) is 5.91 Å². The normalized spacial score (nSPS) is 11.9. The lowest BCUT2D eigenvalue weighted by Crippen LogP contribution is -2.32. The van der Waals surface area contributed by atoms with Gasteiger partial charge in [-0.15, -0.1) is 10.2 Å². The summed E-state index contributed by atoms with van der Waals surface area (Å²) in [7, 11) is 0. The Morgan fingerprint density at radius 3 is 2.65 bits per heavy atom. The van der Waals surface area contributed by atoms with Crippen LogP contribution in [0.2, 0.25) is 0 Å². The van der Waals surface area contributed by atoms with E-state index in [2.05, 4.69) is 15.5 Å². The Morgan fingerprint density at radius 2 is 1.92 bits per heavy atom. The van der Waals surface area contributed by atoms with Crippen LogP contribution in [0.1, 0.15) is 12.5 Å². The largest absolute Gasteiger partial charge is 0.355 e. The van der Waals surface area contributed by atoms with Crippen molar-refractivity contribution in [3.05, 3.63) is 72.3 Å². The lowest BCUT2D eigenvalue weighted by atomic mass is 10.1. The second-order valence-corrected chi connectivity index (χ2v) is 7.05. The highest BCUT2D eigenvalue weighted by Gasteiger charge is 2.18. The Morgan fingerprint density at radius 1 is 1.19 bits per heavy atom. The van der Waals surface area contributed by atoms with E-state index in [0.29, 0.717) is 18.1 Å². The zero-order chi connectivity index (χ0) is 18.4. The Hall–Kier alpha value is -2.67. The number of nitrogens with one attached hydrogen (secondary N) is 1. The van der Waals surface area contributed by atoms with E-state index in [1.807, 2.05) is 41.8 Å². The van der Waals surface area contributed by atoms with Gasteiger partial charge in [-0.2, -0.15) is 0 Å². The SMILES string of the molecule is C[C@@H](Sc1nncn1-c1ccccc1)C(=O)NCCc1ccc(F)cc1. The molecule has 0 aliphatic rings. The molecule has 1 heterocycles. The van der Waals surface area contributed by atoms with Crippen LogP contribution in [0.25, 0.3) is 5.69 Å². The van der Waals surface area contributed by atoms with Gasteiger partial charge in [-0.25, -0.2) is 4.39 Å². The number of hydrogen-bond donors (Lipinski definition) is 1. The summed E-state index contributed by atoms with van der Waals surface area (Å²) in [4.78, 5) is 12.3. The summed E-state index contributed by atoms with van der Waals surface area (Å²) < 4.78 is 14.7. The second kappa shape index (κ2) is 8.62. The highest BCUT2D eigenvalue weighted by Crippen LogP contribution is 2.23. The van der Waals surface area contributed by atoms with Crippen LogP contribution in [-0.4, -0.2) is 32.5 Å². The van der Waals surface area contributed by atoms with Gasteiger partial charge in [0.05, 0.1) is 5.25 Å². The van der Waals surface area contributed by atoms with Crippen LogP contribution in [0.4, 0.5) is 4.39 Å². The standard InChI is InChI=1S/C19H19FN4OS/c1-14(18(25)21-12-11-15-7-9-16(20)10-8-15)26-19-23-22-13-24(19)17-5-3-2-4-6-17/h2-10,13-14H,11-12H2,1H3,(H,21,25)/t14-/m1/s1. The summed E-state index contributed by atoms with van der Waals surface area (Å²) >= 11 is 1.36. The molecule has 3 aromatic rings. The van der Waals surface area contributed by atoms with Crippen LogP contribution in [0.15, 0.2) is 66.1 Å². The zero-order valence-electron chi connectivity index (χ0n) is 14.3. The first kappa shape index (κ1) is 18.1. The Labute approximate surface area is 155 Å². The molecule has 1 N–H and O–H groups in total. The molecule has 0 aliphatic carbocycles. The number of thioether (sulfide) groups is 1. The molecule has 7 heteroatoms. The van der Waals surface area contributed by atoms with Gasteiger partial charge in [-0.1, -0.05) is 42.1 Å². The third-order valence-electron chi connectivity index (χ3n) is 3.83. The first-order valence-electron chi connectivity index (χ1n) is 8.28. The van der Waals surface area contributed by atoms with Crippen molar-refractivity contribution in [1.82, 2.24) is 20.1 Å². The molecule has 0 fully saturated rings. The molecular weight excluding hydrogens is 351 g/mol. The minimum absolute atomic E-state index is 0.0697. The number of nitrogens with zero attached hydrogens (tertiary/aromatic N) is 3. The van der Waals surface area contributed by atoms with Gasteiger partial charge in [-0.05, 0) is 43.2 Å². The van der Waals surface area contributed by atoms with Gasteiger partial charge in [0.1, 0.15) is 12.1 Å². The van der Waals surface area contributed by atoms with Crippen molar-refractivity contribution >= 4 is 17.7 Å². The Bertz CT molecular complexity index is 851. The number of rotatable bonds is 7. The number of carbonyl (C=O) groups is 1. The first-order chi connectivity index (χ1) is 12.6. The van der Waals surface area contributed by atoms with E-state index in [1.165, 1.54) is 23.9 Å². The van der Waals surface area contributed by atoms with Gasteiger partial charge in [0.25, 0.3) is 0 Å². The van der Waals surface area contributed by atoms with E-state index in [1.54, 1.807) is 18.5 Å². The molecular formula is C19H19FN4OS. The summed E-state index contributed by atoms with van der Waals surface area (Å²) in [6, 6.07) is 16.0. The minimum Gasteiger partial charge on any atom is -0.355 e. The van der Waals surface area contributed by atoms with Crippen molar-refractivity contribution in [1.29, 1.82) is 0 Å². The molecule has 1 aromatic heterocycles. The van der Waals surface area contributed by atoms with Crippen LogP contribution in [0, 0.1) is 5.82 Å². The van der Waals surface area contributed by atoms with Crippen LogP contribution in [-0.2, 0) is 11.2 Å². The molecule has 0 unspecified atom stereocenters. The lowest BCUT2D eigenvalue weighted by molar-refractivity contribution is -0.120. The number of hydrogen-bond acceptors (Lipinski definition) is 4. The zero-order valence-corrected chi connectivity index (χ0v) is 15.1. The highest BCUT2D eigenvalue weighted by molar-refractivity contribution is 8.00. The maximum atomic E-state index is 12.9. The molecule has 0 radical (unpaired) electrons. The molecule has 1 amide bonds. The van der Waals surface area contributed by atoms with Crippen LogP contribution in [0.5, 0.6) is 0 Å². The fraction of sp³-hybridized carbons (Fsp3) is 0.211. The first-order valence-corrected chi connectivity index (χ1v) is 9.15. The Kier molecular flexibility index (Phi) is 6.01. The van der Waals surface area contributed by atoms with Gasteiger partial charge in [0, 0.05) is 12.2 Å². The summed E-state index contributed by atoms with van der Waals surface area (Å²) in [6.07, 6.45) is 2.29. The molecule has 0 spiro atoms. The summed E-state index contributed by atoms with van der Waals surface area (Å²) in [5.41, 5.74) is 1.93. The van der Waals surface area contributed by atoms with Gasteiger partial charge < -0.3 is 5.32 Å². The van der Waals surface area contributed by atoms with Gasteiger partial charge in [-0.3, -0.25) is 9.36 Å². The van der Waals surface area contributed by atoms with E-state index in [4.69, 9.17) is 0 Å². The predicted molar refractivity (Wildman–Crippen MR) is 99.8 cm³/mol. The number of halogens is 1. The number of carbonyl (C=O) groups excluding carboxylic acids is 1. The van der Waals surface area contributed by atoms with Crippen molar-refractivity contribution in [3.8, 4) is 5.69 Å². The number of aromatic nitrogens is 3. The van der Waals surface area contributed by atoms with Gasteiger partial charge in [0.15, 0.2) is 5.16 Å². The maximum absolute atomic E-state index is 12.9. The van der Waals surface area contributed by atoms with Crippen molar-refractivity contribution in [2.24, 2.45) is 0 Å². The average Bonchev–Trinajstić information content (AvgIpc) is 3.12. The molecule has 0 saturated heterocycles. The quantitative estimate of drug-likeness (QED) is 0.649. The maximum Gasteiger partial charge on any atom is 0.233 e. The lowest BCUT2D eigenvalue weighted by Gasteiger charge is -2.12. The third-order valence-corrected chi connectivity index (χ3v) is 4.89. The predicted octanol–water partition coefficient (Wildman–Crippen LogP) is 3.25. The Balaban J connectivity index is 1.53. The molecule has 1 atom stereocenters. The molecule has 0 aliphatic heterocycles. The monoisotopic (exact) mass is 370 g/mol. The minimum atomic E-state index is -0.310. The third kappa shape index (κ3) is 4.70. The molecule has 26 heavy (non-hydrogen) atoms. The van der Waals surface area contributed by atoms with E-state index in [-0.39, 0.29) is 17.0 Å². The van der Waals surface area contributed by atoms with Crippen molar-refractivity contribution in [3.63, 3.8) is 0 Å². The van der Waals surface area contributed by atoms with E-state index < -0.39 is 0 Å². The average molecular weight is 370 g/mol. The molecule has 3 rings (SSSR count). The molecule has 5 nitrogen and oxygen atoms in total. The topological polar surface area (TPSA) is 59.8 Å². The molecule has 0 saturated carbocycles. The fourth-order valence-electron chi connectivity index (χ4n) is 2.41. The van der Waals surface area contributed by atoms with Crippen LogP contribution >= 0.6 is 11.8 Å². The van der Waals surface area contributed by atoms with Gasteiger partial charge >= 0.3 is 0 Å². The van der Waals surface area contributed by atoms with E-state index in [9.17, 15) is 9.18 Å². The van der Waals surface area contributed by atoms with Crippen LogP contribution < -0.4 is 5.32 Å². The van der Waals surface area contributed by atoms with Crippen molar-refractivity contribution in [2.75, 3.05) is 6.54 Å².